The molecule has 0 saturated heterocycles. The fourth-order valence-corrected chi connectivity index (χ4v) is 0. The molecule has 0 aromatic carbocycles. The fourth-order valence-electron chi connectivity index (χ4n) is 0. The number of hydrogen-bond donors (Lipinski definition) is 0. The average Bonchev–Trinajstić information content (AvgIpc) is 0.811. The van der Waals surface area contributed by atoms with E-state index in [2.05, 4.69) is 20.8 Å². The van der Waals surface area contributed by atoms with Crippen LogP contribution in [-0.2, 0) is 21.1 Å². The minimum Gasteiger partial charge on any atom is -0.323 e. The smallest absolute Gasteiger partial charge is 0 e. The van der Waals surface area contributed by atoms with Gasteiger partial charge < -0.3 is 5.92 Å². The Morgan fingerprint density at radius 1 is 1.00 bits per heavy atom. The van der Waals surface area contributed by atoms with Gasteiger partial charge in [0, 0.05) is 21.1 Å². The molecule has 0 aromatic heterocycles. The molecule has 0 aliphatic rings. The molecule has 0 nitrogen and oxygen atoms in total. The molecule has 0 aromatic rings. The van der Waals surface area contributed by atoms with Crippen LogP contribution in [0.15, 0.2) is 0 Å². The molecule has 0 aliphatic carbocycles. The molecule has 0 spiro atoms. The summed E-state index contributed by atoms with van der Waals surface area (Å²) in [6.45, 7) is 6.25. The van der Waals surface area contributed by atoms with Crippen LogP contribution in [0.1, 0.15) is 20.8 Å². The summed E-state index contributed by atoms with van der Waals surface area (Å²) in [4.78, 5) is 0. The van der Waals surface area contributed by atoms with Crippen molar-refractivity contribution in [2.75, 3.05) is 0 Å². The third kappa shape index (κ3) is 71.5. The number of hydrogen-bond acceptors (Lipinski definition) is 0. The van der Waals surface area contributed by atoms with Crippen molar-refractivity contribution in [1.29, 1.82) is 0 Å². The molecule has 0 aliphatic heterocycles. The summed E-state index contributed by atoms with van der Waals surface area (Å²) in [7, 11) is 0. The summed E-state index contributed by atoms with van der Waals surface area (Å²) in [5, 5.41) is 0. The van der Waals surface area contributed by atoms with Crippen molar-refractivity contribution >= 4 is 0 Å². The molecule has 0 N–H and O–H groups in total. The van der Waals surface area contributed by atoms with Crippen LogP contribution in [0, 0.1) is 5.92 Å². The van der Waals surface area contributed by atoms with Crippen LogP contribution >= 0.6 is 0 Å². The van der Waals surface area contributed by atoms with Gasteiger partial charge in [0.25, 0.3) is 0 Å². The topological polar surface area (TPSA) is 0 Å². The van der Waals surface area contributed by atoms with Crippen LogP contribution < -0.4 is 0 Å². The molecule has 0 rings (SSSR count). The molecule has 0 saturated carbocycles. The van der Waals surface area contributed by atoms with Crippen LogP contribution in [0.5, 0.6) is 0 Å². The van der Waals surface area contributed by atoms with E-state index < -0.39 is 0 Å². The van der Waals surface area contributed by atoms with E-state index in [0.29, 0.717) is 0 Å². The van der Waals surface area contributed by atoms with E-state index >= 15 is 0 Å². The first-order valence-electron chi connectivity index (χ1n) is 1.50. The van der Waals surface area contributed by atoms with Crippen molar-refractivity contribution in [1.82, 2.24) is 0 Å². The molecule has 1 heteroatoms. The Morgan fingerprint density at radius 2 is 1.00 bits per heavy atom. The van der Waals surface area contributed by atoms with Crippen LogP contribution in [0.2, 0.25) is 0 Å². The van der Waals surface area contributed by atoms with Crippen molar-refractivity contribution in [2.45, 2.75) is 20.8 Å². The second kappa shape index (κ2) is 4.69. The van der Waals surface area contributed by atoms with E-state index in [9.17, 15) is 0 Å². The molecule has 32 valence electrons. The summed E-state index contributed by atoms with van der Waals surface area (Å²) in [6, 6.07) is 0. The van der Waals surface area contributed by atoms with Gasteiger partial charge in [-0.15, -0.1) is 0 Å². The second-order valence-electron chi connectivity index (χ2n) is 1.50. The molecule has 0 amide bonds. The van der Waals surface area contributed by atoms with E-state index in [-0.39, 0.29) is 21.1 Å². The third-order valence-corrected chi connectivity index (χ3v) is 0. The second-order valence-corrected chi connectivity index (χ2v) is 1.50. The van der Waals surface area contributed by atoms with Crippen molar-refractivity contribution < 1.29 is 21.1 Å². The first-order valence-corrected chi connectivity index (χ1v) is 1.50. The first kappa shape index (κ1) is 9.19. The Hall–Kier alpha value is 0.688. The van der Waals surface area contributed by atoms with Gasteiger partial charge in [-0.05, 0) is 0 Å². The van der Waals surface area contributed by atoms with Gasteiger partial charge in [-0.2, -0.15) is 20.8 Å². The minimum atomic E-state index is 0. The average molecular weight is 153 g/mol. The van der Waals surface area contributed by atoms with Crippen molar-refractivity contribution in [3.05, 3.63) is 5.92 Å². The summed E-state index contributed by atoms with van der Waals surface area (Å²) in [5.74, 6) is 1.42. The Kier molecular flexibility index (Phi) is 8.62. The molecular formula is C4H9Mo-. The predicted molar refractivity (Wildman–Crippen MR) is 20.3 cm³/mol. The Morgan fingerprint density at radius 3 is 1.00 bits per heavy atom. The maximum atomic E-state index is 2.08. The van der Waals surface area contributed by atoms with E-state index in [1.807, 2.05) is 0 Å². The predicted octanol–water partition coefficient (Wildman–Crippen LogP) is 1.62. The molecule has 0 unspecified atom stereocenters. The zero-order chi connectivity index (χ0) is 3.58. The monoisotopic (exact) mass is 155 g/mol. The van der Waals surface area contributed by atoms with Crippen LogP contribution in [0.4, 0.5) is 0 Å². The quantitative estimate of drug-likeness (QED) is 0.366. The van der Waals surface area contributed by atoms with Crippen molar-refractivity contribution in [2.24, 2.45) is 0 Å². The maximum Gasteiger partial charge on any atom is 0 e. The molecule has 5 heavy (non-hydrogen) atoms. The minimum absolute atomic E-state index is 0. The maximum absolute atomic E-state index is 2.08. The molecule has 0 fully saturated rings. The zero-order valence-corrected chi connectivity index (χ0v) is 5.92. The Labute approximate surface area is 48.2 Å². The molecule has 0 heterocycles. The van der Waals surface area contributed by atoms with Crippen LogP contribution in [0.25, 0.3) is 0 Å². The van der Waals surface area contributed by atoms with Gasteiger partial charge in [-0.25, -0.2) is 0 Å². The Balaban J connectivity index is 0. The van der Waals surface area contributed by atoms with Gasteiger partial charge in [-0.1, -0.05) is 0 Å². The SMILES string of the molecule is C[C-](C)C.[Mo]. The van der Waals surface area contributed by atoms with E-state index in [0.717, 1.165) is 0 Å². The summed E-state index contributed by atoms with van der Waals surface area (Å²) >= 11 is 0. The normalized spacial score (nSPS) is 7.20. The molecule has 0 radical (unpaired) electrons. The van der Waals surface area contributed by atoms with Gasteiger partial charge in [0.05, 0.1) is 0 Å². The van der Waals surface area contributed by atoms with Gasteiger partial charge in [-0.3, -0.25) is 0 Å². The summed E-state index contributed by atoms with van der Waals surface area (Å²) < 4.78 is 0. The van der Waals surface area contributed by atoms with Crippen LogP contribution in [0.3, 0.4) is 0 Å². The molecule has 0 bridgehead atoms. The van der Waals surface area contributed by atoms with Gasteiger partial charge >= 0.3 is 0 Å². The summed E-state index contributed by atoms with van der Waals surface area (Å²) in [5.41, 5.74) is 0. The largest absolute Gasteiger partial charge is 0.323 e. The fraction of sp³-hybridized carbons (Fsp3) is 0.750. The van der Waals surface area contributed by atoms with Gasteiger partial charge in [0.2, 0.25) is 0 Å². The van der Waals surface area contributed by atoms with E-state index in [1.54, 1.807) is 0 Å². The van der Waals surface area contributed by atoms with Crippen molar-refractivity contribution in [3.8, 4) is 0 Å². The first-order chi connectivity index (χ1) is 1.73. The van der Waals surface area contributed by atoms with Crippen molar-refractivity contribution in [3.63, 3.8) is 0 Å². The summed E-state index contributed by atoms with van der Waals surface area (Å²) in [6.07, 6.45) is 0. The van der Waals surface area contributed by atoms with Gasteiger partial charge in [0.15, 0.2) is 0 Å². The third-order valence-electron chi connectivity index (χ3n) is 0. The van der Waals surface area contributed by atoms with E-state index in [4.69, 9.17) is 0 Å². The molecular weight excluding hydrogens is 144 g/mol. The molecule has 0 atom stereocenters. The van der Waals surface area contributed by atoms with Gasteiger partial charge in [0.1, 0.15) is 0 Å². The standard InChI is InChI=1S/C4H9.Mo/c1-4(2)3;/h1-3H3;/q-1;. The van der Waals surface area contributed by atoms with E-state index in [1.165, 1.54) is 5.92 Å². The zero-order valence-electron chi connectivity index (χ0n) is 3.91. The number of rotatable bonds is 0. The van der Waals surface area contributed by atoms with Crippen LogP contribution in [-0.4, -0.2) is 0 Å². The Bertz CT molecular complexity index is 8.36.